The summed E-state index contributed by atoms with van der Waals surface area (Å²) in [7, 11) is 0. The van der Waals surface area contributed by atoms with Crippen molar-refractivity contribution in [2.45, 2.75) is 31.5 Å². The zero-order chi connectivity index (χ0) is 6.27. The van der Waals surface area contributed by atoms with Crippen LogP contribution in [0.3, 0.4) is 0 Å². The van der Waals surface area contributed by atoms with E-state index in [0.29, 0.717) is 12.0 Å². The van der Waals surface area contributed by atoms with E-state index in [2.05, 4.69) is 5.32 Å². The molecule has 3 atom stereocenters. The van der Waals surface area contributed by atoms with Crippen molar-refractivity contribution in [1.82, 2.24) is 5.32 Å². The van der Waals surface area contributed by atoms with E-state index >= 15 is 0 Å². The van der Waals surface area contributed by atoms with Crippen molar-refractivity contribution >= 4 is 0 Å². The Morgan fingerprint density at radius 3 is 2.89 bits per heavy atom. The third-order valence-corrected chi connectivity index (χ3v) is 2.62. The number of rotatable bonds is 0. The number of halogens is 1. The van der Waals surface area contributed by atoms with Gasteiger partial charge in [-0.3, -0.25) is 0 Å². The van der Waals surface area contributed by atoms with Gasteiger partial charge in [0.2, 0.25) is 0 Å². The molecule has 1 nitrogen and oxygen atoms in total. The minimum Gasteiger partial charge on any atom is -0.314 e. The summed E-state index contributed by atoms with van der Waals surface area (Å²) >= 11 is 0. The third-order valence-electron chi connectivity index (χ3n) is 2.62. The van der Waals surface area contributed by atoms with Crippen LogP contribution in [-0.4, -0.2) is 18.8 Å². The van der Waals surface area contributed by atoms with E-state index in [1.165, 1.54) is 0 Å². The highest BCUT2D eigenvalue weighted by atomic mass is 19.1. The Morgan fingerprint density at radius 2 is 2.11 bits per heavy atom. The Hall–Kier alpha value is -0.110. The topological polar surface area (TPSA) is 12.0 Å². The maximum atomic E-state index is 12.8. The number of fused-ring (bicyclic) bond motifs is 1. The Bertz CT molecular complexity index is 115. The molecule has 0 aromatic rings. The van der Waals surface area contributed by atoms with E-state index in [0.717, 1.165) is 25.8 Å². The average Bonchev–Trinajstić information content (AvgIpc) is 2.35. The average molecular weight is 129 g/mol. The SMILES string of the molecule is FC1CCC2NCCC12. The smallest absolute Gasteiger partial charge is 0.105 e. The van der Waals surface area contributed by atoms with E-state index in [4.69, 9.17) is 0 Å². The van der Waals surface area contributed by atoms with Gasteiger partial charge in [0.15, 0.2) is 0 Å². The molecule has 0 spiro atoms. The van der Waals surface area contributed by atoms with Crippen LogP contribution in [0.4, 0.5) is 4.39 Å². The lowest BCUT2D eigenvalue weighted by Crippen LogP contribution is -2.23. The van der Waals surface area contributed by atoms with Crippen LogP contribution in [0.2, 0.25) is 0 Å². The second kappa shape index (κ2) is 1.94. The number of nitrogens with one attached hydrogen (secondary N) is 1. The summed E-state index contributed by atoms with van der Waals surface area (Å²) in [5.41, 5.74) is 0. The van der Waals surface area contributed by atoms with Crippen molar-refractivity contribution in [2.75, 3.05) is 6.54 Å². The molecule has 2 rings (SSSR count). The van der Waals surface area contributed by atoms with Crippen molar-refractivity contribution in [3.63, 3.8) is 0 Å². The van der Waals surface area contributed by atoms with Gasteiger partial charge in [0.1, 0.15) is 6.17 Å². The molecular weight excluding hydrogens is 117 g/mol. The minimum atomic E-state index is -0.495. The molecule has 1 saturated carbocycles. The van der Waals surface area contributed by atoms with Crippen LogP contribution in [0.1, 0.15) is 19.3 Å². The Labute approximate surface area is 54.6 Å². The molecule has 0 radical (unpaired) electrons. The monoisotopic (exact) mass is 129 g/mol. The fourth-order valence-corrected chi connectivity index (χ4v) is 2.09. The van der Waals surface area contributed by atoms with Gasteiger partial charge in [0, 0.05) is 12.0 Å². The number of hydrogen-bond donors (Lipinski definition) is 1. The molecule has 0 amide bonds. The molecular formula is C7H12FN. The van der Waals surface area contributed by atoms with Crippen LogP contribution in [-0.2, 0) is 0 Å². The molecule has 1 heterocycles. The van der Waals surface area contributed by atoms with Crippen molar-refractivity contribution in [1.29, 1.82) is 0 Å². The van der Waals surface area contributed by atoms with Crippen LogP contribution in [0.15, 0.2) is 0 Å². The Kier molecular flexibility index (Phi) is 1.22. The molecule has 0 aromatic carbocycles. The molecule has 1 saturated heterocycles. The molecule has 1 N–H and O–H groups in total. The van der Waals surface area contributed by atoms with Crippen LogP contribution >= 0.6 is 0 Å². The van der Waals surface area contributed by atoms with Crippen molar-refractivity contribution < 1.29 is 4.39 Å². The maximum absolute atomic E-state index is 12.8. The van der Waals surface area contributed by atoms with Crippen molar-refractivity contribution in [3.8, 4) is 0 Å². The van der Waals surface area contributed by atoms with Crippen LogP contribution < -0.4 is 5.32 Å². The molecule has 2 fully saturated rings. The highest BCUT2D eigenvalue weighted by Crippen LogP contribution is 2.34. The van der Waals surface area contributed by atoms with Crippen molar-refractivity contribution in [3.05, 3.63) is 0 Å². The summed E-state index contributed by atoms with van der Waals surface area (Å²) in [5, 5.41) is 3.31. The number of hydrogen-bond acceptors (Lipinski definition) is 1. The summed E-state index contributed by atoms with van der Waals surface area (Å²) in [6.07, 6.45) is 2.42. The normalized spacial score (nSPS) is 49.7. The highest BCUT2D eigenvalue weighted by Gasteiger charge is 2.38. The molecule has 1 aliphatic heterocycles. The fraction of sp³-hybridized carbons (Fsp3) is 1.00. The first-order valence-corrected chi connectivity index (χ1v) is 3.75. The van der Waals surface area contributed by atoms with Gasteiger partial charge >= 0.3 is 0 Å². The van der Waals surface area contributed by atoms with Crippen LogP contribution in [0.25, 0.3) is 0 Å². The van der Waals surface area contributed by atoms with Gasteiger partial charge in [-0.2, -0.15) is 0 Å². The van der Waals surface area contributed by atoms with Gasteiger partial charge in [-0.25, -0.2) is 4.39 Å². The van der Waals surface area contributed by atoms with Crippen LogP contribution in [0, 0.1) is 5.92 Å². The van der Waals surface area contributed by atoms with Gasteiger partial charge in [-0.15, -0.1) is 0 Å². The van der Waals surface area contributed by atoms with Crippen LogP contribution in [0.5, 0.6) is 0 Å². The van der Waals surface area contributed by atoms with Gasteiger partial charge in [0.25, 0.3) is 0 Å². The van der Waals surface area contributed by atoms with E-state index in [1.807, 2.05) is 0 Å². The predicted octanol–water partition coefficient (Wildman–Crippen LogP) is 1.10. The summed E-state index contributed by atoms with van der Waals surface area (Å²) < 4.78 is 12.8. The summed E-state index contributed by atoms with van der Waals surface area (Å²) in [6.45, 7) is 1.04. The van der Waals surface area contributed by atoms with Gasteiger partial charge in [0.05, 0.1) is 0 Å². The maximum Gasteiger partial charge on any atom is 0.105 e. The molecule has 52 valence electrons. The lowest BCUT2D eigenvalue weighted by atomic mass is 10.0. The zero-order valence-corrected chi connectivity index (χ0v) is 5.44. The minimum absolute atomic E-state index is 0.366. The standard InChI is InChI=1S/C7H12FN/c8-6-1-2-7-5(6)3-4-9-7/h5-7,9H,1-4H2. The Morgan fingerprint density at radius 1 is 1.22 bits per heavy atom. The second-order valence-corrected chi connectivity index (χ2v) is 3.11. The first-order valence-electron chi connectivity index (χ1n) is 3.75. The fourth-order valence-electron chi connectivity index (χ4n) is 2.09. The van der Waals surface area contributed by atoms with E-state index in [9.17, 15) is 4.39 Å². The van der Waals surface area contributed by atoms with Crippen molar-refractivity contribution in [2.24, 2.45) is 5.92 Å². The number of alkyl halides is 1. The molecule has 9 heavy (non-hydrogen) atoms. The quantitative estimate of drug-likeness (QED) is 0.516. The molecule has 2 heteroatoms. The van der Waals surface area contributed by atoms with E-state index < -0.39 is 6.17 Å². The zero-order valence-electron chi connectivity index (χ0n) is 5.44. The lowest BCUT2D eigenvalue weighted by molar-refractivity contribution is 0.262. The summed E-state index contributed by atoms with van der Waals surface area (Å²) in [5.74, 6) is 0.366. The predicted molar refractivity (Wildman–Crippen MR) is 34.0 cm³/mol. The van der Waals surface area contributed by atoms with Gasteiger partial charge in [-0.1, -0.05) is 0 Å². The molecule has 2 aliphatic rings. The molecule has 0 bridgehead atoms. The molecule has 1 aliphatic carbocycles. The Balaban J connectivity index is 2.07. The molecule has 3 unspecified atom stereocenters. The highest BCUT2D eigenvalue weighted by molar-refractivity contribution is 4.94. The lowest BCUT2D eigenvalue weighted by Gasteiger charge is -2.08. The largest absolute Gasteiger partial charge is 0.314 e. The summed E-state index contributed by atoms with van der Waals surface area (Å²) in [6, 6.07) is 0.528. The first kappa shape index (κ1) is 5.66. The molecule has 0 aromatic heterocycles. The third kappa shape index (κ3) is 0.767. The van der Waals surface area contributed by atoms with E-state index in [-0.39, 0.29) is 0 Å². The second-order valence-electron chi connectivity index (χ2n) is 3.11. The van der Waals surface area contributed by atoms with Gasteiger partial charge in [-0.05, 0) is 25.8 Å². The van der Waals surface area contributed by atoms with E-state index in [1.54, 1.807) is 0 Å². The first-order chi connectivity index (χ1) is 4.38. The van der Waals surface area contributed by atoms with Gasteiger partial charge < -0.3 is 5.32 Å². The summed E-state index contributed by atoms with van der Waals surface area (Å²) in [4.78, 5) is 0.